The molecular weight excluding hydrogens is 308 g/mol. The summed E-state index contributed by atoms with van der Waals surface area (Å²) in [7, 11) is 1.51. The monoisotopic (exact) mass is 328 g/mol. The predicted octanol–water partition coefficient (Wildman–Crippen LogP) is 2.60. The first-order valence-electron chi connectivity index (χ1n) is 7.88. The van der Waals surface area contributed by atoms with Crippen molar-refractivity contribution in [1.29, 1.82) is 0 Å². The SMILES string of the molecule is COc1cc2c(cc1O)CN(C(Cc1ccccc1)[N+](=O)[O-])CC2. The van der Waals surface area contributed by atoms with E-state index >= 15 is 0 Å². The number of phenolic OH excluding ortho intramolecular Hbond substituents is 1. The Balaban J connectivity index is 1.81. The first-order chi connectivity index (χ1) is 11.6. The Hall–Kier alpha value is -2.60. The lowest BCUT2D eigenvalue weighted by atomic mass is 9.97. The van der Waals surface area contributed by atoms with Gasteiger partial charge in [-0.3, -0.25) is 10.1 Å². The van der Waals surface area contributed by atoms with Gasteiger partial charge in [-0.2, -0.15) is 0 Å². The largest absolute Gasteiger partial charge is 0.504 e. The summed E-state index contributed by atoms with van der Waals surface area (Å²) in [4.78, 5) is 13.2. The van der Waals surface area contributed by atoms with Crippen LogP contribution in [-0.2, 0) is 19.4 Å². The summed E-state index contributed by atoms with van der Waals surface area (Å²) in [5.41, 5.74) is 2.93. The summed E-state index contributed by atoms with van der Waals surface area (Å²) in [6.07, 6.45) is 0.293. The number of benzene rings is 2. The molecule has 0 saturated carbocycles. The fourth-order valence-corrected chi connectivity index (χ4v) is 3.18. The lowest BCUT2D eigenvalue weighted by Crippen LogP contribution is -2.45. The minimum atomic E-state index is -0.773. The van der Waals surface area contributed by atoms with Gasteiger partial charge in [-0.25, -0.2) is 4.90 Å². The van der Waals surface area contributed by atoms with Crippen molar-refractivity contribution in [3.63, 3.8) is 0 Å². The Morgan fingerprint density at radius 3 is 2.71 bits per heavy atom. The van der Waals surface area contributed by atoms with Crippen molar-refractivity contribution in [2.45, 2.75) is 25.6 Å². The molecule has 126 valence electrons. The molecule has 2 aromatic carbocycles. The molecule has 0 aromatic heterocycles. The van der Waals surface area contributed by atoms with E-state index in [1.807, 2.05) is 41.3 Å². The molecule has 1 aliphatic rings. The highest BCUT2D eigenvalue weighted by Gasteiger charge is 2.32. The van der Waals surface area contributed by atoms with Crippen LogP contribution in [0.4, 0.5) is 0 Å². The Morgan fingerprint density at radius 2 is 2.04 bits per heavy atom. The lowest BCUT2D eigenvalue weighted by Gasteiger charge is -2.31. The van der Waals surface area contributed by atoms with Gasteiger partial charge >= 0.3 is 0 Å². The summed E-state index contributed by atoms with van der Waals surface area (Å²) in [5, 5.41) is 21.5. The fraction of sp³-hybridized carbons (Fsp3) is 0.333. The van der Waals surface area contributed by atoms with Crippen LogP contribution >= 0.6 is 0 Å². The maximum Gasteiger partial charge on any atom is 0.272 e. The number of phenols is 1. The van der Waals surface area contributed by atoms with Gasteiger partial charge in [-0.05, 0) is 35.2 Å². The first kappa shape index (κ1) is 16.3. The lowest BCUT2D eigenvalue weighted by molar-refractivity contribution is -0.551. The second kappa shape index (κ2) is 6.88. The van der Waals surface area contributed by atoms with Crippen molar-refractivity contribution in [1.82, 2.24) is 4.90 Å². The molecule has 0 amide bonds. The van der Waals surface area contributed by atoms with Gasteiger partial charge in [0, 0.05) is 18.0 Å². The molecule has 24 heavy (non-hydrogen) atoms. The number of hydrogen-bond acceptors (Lipinski definition) is 5. The van der Waals surface area contributed by atoms with Gasteiger partial charge in [0.05, 0.1) is 13.5 Å². The smallest absolute Gasteiger partial charge is 0.272 e. The Kier molecular flexibility index (Phi) is 4.66. The van der Waals surface area contributed by atoms with Crippen LogP contribution < -0.4 is 4.74 Å². The predicted molar refractivity (Wildman–Crippen MR) is 89.7 cm³/mol. The van der Waals surface area contributed by atoms with Gasteiger partial charge in [0.2, 0.25) is 0 Å². The van der Waals surface area contributed by atoms with Crippen LogP contribution in [0, 0.1) is 10.1 Å². The number of hydrogen-bond donors (Lipinski definition) is 1. The Bertz CT molecular complexity index is 733. The molecule has 6 nitrogen and oxygen atoms in total. The van der Waals surface area contributed by atoms with Crippen molar-refractivity contribution in [2.75, 3.05) is 13.7 Å². The average molecular weight is 328 g/mol. The van der Waals surface area contributed by atoms with Crippen LogP contribution in [0.3, 0.4) is 0 Å². The number of ether oxygens (including phenoxy) is 1. The Morgan fingerprint density at radius 1 is 1.29 bits per heavy atom. The molecule has 1 N–H and O–H groups in total. The molecule has 0 spiro atoms. The van der Waals surface area contributed by atoms with Crippen LogP contribution in [0.2, 0.25) is 0 Å². The normalized spacial score (nSPS) is 15.5. The molecule has 0 fully saturated rings. The summed E-state index contributed by atoms with van der Waals surface area (Å²) in [6.45, 7) is 1.06. The molecule has 3 rings (SSSR count). The molecular formula is C18H20N2O4. The summed E-state index contributed by atoms with van der Waals surface area (Å²) in [6, 6.07) is 13.0. The van der Waals surface area contributed by atoms with E-state index in [9.17, 15) is 15.2 Å². The van der Waals surface area contributed by atoms with Gasteiger partial charge in [-0.1, -0.05) is 30.3 Å². The zero-order valence-corrected chi connectivity index (χ0v) is 13.5. The van der Waals surface area contributed by atoms with Crippen LogP contribution in [0.1, 0.15) is 16.7 Å². The van der Waals surface area contributed by atoms with E-state index in [0.29, 0.717) is 31.7 Å². The number of nitrogens with zero attached hydrogens (tertiary/aromatic N) is 2. The van der Waals surface area contributed by atoms with E-state index in [4.69, 9.17) is 4.74 Å². The van der Waals surface area contributed by atoms with Crippen LogP contribution in [0.5, 0.6) is 11.5 Å². The molecule has 0 aliphatic carbocycles. The minimum absolute atomic E-state index is 0.0683. The van der Waals surface area contributed by atoms with Crippen LogP contribution in [0.25, 0.3) is 0 Å². The summed E-state index contributed by atoms with van der Waals surface area (Å²) >= 11 is 0. The van der Waals surface area contributed by atoms with Crippen molar-refractivity contribution in [3.05, 3.63) is 69.3 Å². The Labute approximate surface area is 140 Å². The third kappa shape index (κ3) is 3.33. The molecule has 2 aromatic rings. The van der Waals surface area contributed by atoms with Crippen molar-refractivity contribution in [3.8, 4) is 11.5 Å². The van der Waals surface area contributed by atoms with E-state index in [0.717, 1.165) is 16.7 Å². The van der Waals surface area contributed by atoms with E-state index in [2.05, 4.69) is 0 Å². The molecule has 0 bridgehead atoms. The second-order valence-electron chi connectivity index (χ2n) is 5.97. The zero-order valence-electron chi connectivity index (χ0n) is 13.5. The second-order valence-corrected chi connectivity index (χ2v) is 5.97. The highest BCUT2D eigenvalue weighted by molar-refractivity contribution is 5.47. The van der Waals surface area contributed by atoms with Crippen molar-refractivity contribution < 1.29 is 14.8 Å². The number of rotatable bonds is 5. The summed E-state index contributed by atoms with van der Waals surface area (Å²) < 4.78 is 5.13. The molecule has 6 heteroatoms. The third-order valence-corrected chi connectivity index (χ3v) is 4.47. The highest BCUT2D eigenvalue weighted by atomic mass is 16.6. The van der Waals surface area contributed by atoms with Crippen LogP contribution in [-0.4, -0.2) is 34.8 Å². The minimum Gasteiger partial charge on any atom is -0.504 e. The number of aromatic hydroxyl groups is 1. The number of fused-ring (bicyclic) bond motifs is 1. The van der Waals surface area contributed by atoms with E-state index in [-0.39, 0.29) is 10.7 Å². The molecule has 0 saturated heterocycles. The molecule has 0 radical (unpaired) electrons. The highest BCUT2D eigenvalue weighted by Crippen LogP contribution is 2.33. The van der Waals surface area contributed by atoms with Crippen LogP contribution in [0.15, 0.2) is 42.5 Å². The van der Waals surface area contributed by atoms with Gasteiger partial charge in [0.15, 0.2) is 11.5 Å². The van der Waals surface area contributed by atoms with E-state index < -0.39 is 6.17 Å². The zero-order chi connectivity index (χ0) is 17.1. The van der Waals surface area contributed by atoms with Crippen molar-refractivity contribution in [2.24, 2.45) is 0 Å². The van der Waals surface area contributed by atoms with E-state index in [1.54, 1.807) is 6.07 Å². The molecule has 1 atom stereocenters. The van der Waals surface area contributed by atoms with Gasteiger partial charge < -0.3 is 9.84 Å². The fourth-order valence-electron chi connectivity index (χ4n) is 3.18. The molecule has 1 unspecified atom stereocenters. The van der Waals surface area contributed by atoms with Gasteiger partial charge in [0.25, 0.3) is 6.17 Å². The summed E-state index contributed by atoms with van der Waals surface area (Å²) in [5.74, 6) is 0.510. The molecule has 1 heterocycles. The van der Waals surface area contributed by atoms with Crippen molar-refractivity contribution >= 4 is 0 Å². The first-order valence-corrected chi connectivity index (χ1v) is 7.88. The topological polar surface area (TPSA) is 75.8 Å². The van der Waals surface area contributed by atoms with Gasteiger partial charge in [-0.15, -0.1) is 0 Å². The number of methoxy groups -OCH3 is 1. The number of nitro groups is 1. The average Bonchev–Trinajstić information content (AvgIpc) is 2.59. The maximum absolute atomic E-state index is 11.6. The van der Waals surface area contributed by atoms with E-state index in [1.165, 1.54) is 7.11 Å². The standard InChI is InChI=1S/C18H20N2O4/c1-24-17-11-14-7-8-19(12-15(14)10-16(17)21)18(20(22)23)9-13-5-3-2-4-6-13/h2-6,10-11,18,21H,7-9,12H2,1H3. The van der Waals surface area contributed by atoms with Gasteiger partial charge in [0.1, 0.15) is 0 Å². The third-order valence-electron chi connectivity index (χ3n) is 4.47. The maximum atomic E-state index is 11.6. The quantitative estimate of drug-likeness (QED) is 0.674. The molecule has 1 aliphatic heterocycles.